The molecule has 156 valence electrons. The lowest BCUT2D eigenvalue weighted by atomic mass is 9.42. The number of ketones is 1. The Kier molecular flexibility index (Phi) is 5.04. The van der Waals surface area contributed by atoms with Gasteiger partial charge in [0.25, 0.3) is 0 Å². The Hall–Kier alpha value is -1.66. The summed E-state index contributed by atoms with van der Waals surface area (Å²) < 4.78 is 10.4. The van der Waals surface area contributed by atoms with Crippen LogP contribution < -0.4 is 0 Å². The number of hydrogen-bond donors (Lipinski definition) is 2. The minimum atomic E-state index is -1.90. The van der Waals surface area contributed by atoms with Gasteiger partial charge in [-0.05, 0) is 49.7 Å². The third-order valence-corrected chi connectivity index (χ3v) is 7.41. The van der Waals surface area contributed by atoms with E-state index in [0.29, 0.717) is 12.8 Å². The molecule has 6 heteroatoms. The lowest BCUT2D eigenvalue weighted by Gasteiger charge is -2.65. The Balaban J connectivity index is 2.11. The van der Waals surface area contributed by atoms with Crippen molar-refractivity contribution in [1.82, 2.24) is 0 Å². The normalized spacial score (nSPS) is 40.0. The smallest absolute Gasteiger partial charge is 0.303 e. The Bertz CT molecular complexity index is 749. The first kappa shape index (κ1) is 21.1. The van der Waals surface area contributed by atoms with Gasteiger partial charge in [-0.1, -0.05) is 27.2 Å². The predicted octanol–water partition coefficient (Wildman–Crippen LogP) is 3.04. The third-order valence-electron chi connectivity index (χ3n) is 7.41. The van der Waals surface area contributed by atoms with Crippen LogP contribution in [-0.2, 0) is 20.7 Å². The van der Waals surface area contributed by atoms with Gasteiger partial charge in [0.1, 0.15) is 11.2 Å². The van der Waals surface area contributed by atoms with Gasteiger partial charge in [-0.2, -0.15) is 0 Å². The molecule has 2 fully saturated rings. The number of furan rings is 1. The summed E-state index contributed by atoms with van der Waals surface area (Å²) in [5.41, 5.74) is -3.83. The van der Waals surface area contributed by atoms with Crippen molar-refractivity contribution in [3.05, 3.63) is 24.2 Å². The third kappa shape index (κ3) is 2.92. The van der Waals surface area contributed by atoms with Crippen molar-refractivity contribution in [2.45, 2.75) is 84.0 Å². The van der Waals surface area contributed by atoms with Crippen LogP contribution in [0.1, 0.15) is 65.9 Å². The van der Waals surface area contributed by atoms with E-state index in [4.69, 9.17) is 9.15 Å². The molecule has 0 bridgehead atoms. The molecular formula is C22H32O6. The van der Waals surface area contributed by atoms with E-state index in [1.165, 1.54) is 13.8 Å². The number of ether oxygens (including phenoxy) is 1. The van der Waals surface area contributed by atoms with E-state index in [1.807, 2.05) is 26.8 Å². The maximum atomic E-state index is 13.5. The zero-order chi connectivity index (χ0) is 21.0. The maximum absolute atomic E-state index is 13.5. The lowest BCUT2D eigenvalue weighted by molar-refractivity contribution is -0.289. The van der Waals surface area contributed by atoms with Crippen LogP contribution in [0.15, 0.2) is 23.0 Å². The molecule has 1 heterocycles. The second-order valence-corrected chi connectivity index (χ2v) is 9.72. The number of aryl methyl sites for hydroxylation is 1. The number of aliphatic hydroxyl groups is 2. The second kappa shape index (κ2) is 6.70. The number of rotatable bonds is 4. The van der Waals surface area contributed by atoms with Gasteiger partial charge in [0.2, 0.25) is 0 Å². The van der Waals surface area contributed by atoms with Crippen LogP contribution in [0.2, 0.25) is 0 Å². The molecule has 1 aromatic heterocycles. The van der Waals surface area contributed by atoms with Gasteiger partial charge >= 0.3 is 5.97 Å². The van der Waals surface area contributed by atoms with E-state index in [0.717, 1.165) is 18.4 Å². The first-order valence-corrected chi connectivity index (χ1v) is 10.0. The largest absolute Gasteiger partial charge is 0.472 e. The molecule has 2 aliphatic rings. The number of hydrogen-bond acceptors (Lipinski definition) is 6. The van der Waals surface area contributed by atoms with Gasteiger partial charge in [-0.25, -0.2) is 0 Å². The highest BCUT2D eigenvalue weighted by Crippen LogP contribution is 2.63. The average molecular weight is 392 g/mol. The van der Waals surface area contributed by atoms with Crippen LogP contribution >= 0.6 is 0 Å². The number of carbonyl (C=O) groups excluding carboxylic acids is 2. The predicted molar refractivity (Wildman–Crippen MR) is 102 cm³/mol. The van der Waals surface area contributed by atoms with Gasteiger partial charge in [0, 0.05) is 18.3 Å². The molecule has 28 heavy (non-hydrogen) atoms. The van der Waals surface area contributed by atoms with Crippen molar-refractivity contribution >= 4 is 11.8 Å². The van der Waals surface area contributed by atoms with Crippen LogP contribution in [0.25, 0.3) is 0 Å². The van der Waals surface area contributed by atoms with Gasteiger partial charge in [-0.15, -0.1) is 0 Å². The minimum Gasteiger partial charge on any atom is -0.472 e. The van der Waals surface area contributed by atoms with E-state index < -0.39 is 34.6 Å². The molecular weight excluding hydrogens is 360 g/mol. The fourth-order valence-electron chi connectivity index (χ4n) is 6.07. The Morgan fingerprint density at radius 3 is 2.50 bits per heavy atom. The Morgan fingerprint density at radius 1 is 1.25 bits per heavy atom. The molecule has 0 saturated heterocycles. The van der Waals surface area contributed by atoms with Gasteiger partial charge in [0.05, 0.1) is 12.5 Å². The van der Waals surface area contributed by atoms with E-state index in [9.17, 15) is 19.8 Å². The molecule has 2 saturated carbocycles. The van der Waals surface area contributed by atoms with E-state index in [2.05, 4.69) is 0 Å². The highest BCUT2D eigenvalue weighted by atomic mass is 16.6. The van der Waals surface area contributed by atoms with Crippen molar-refractivity contribution < 1.29 is 29.0 Å². The average Bonchev–Trinajstić information content (AvgIpc) is 3.08. The molecule has 0 aliphatic heterocycles. The van der Waals surface area contributed by atoms with Crippen molar-refractivity contribution in [2.75, 3.05) is 0 Å². The monoisotopic (exact) mass is 392 g/mol. The first-order chi connectivity index (χ1) is 12.9. The Morgan fingerprint density at radius 2 is 1.93 bits per heavy atom. The molecule has 5 atom stereocenters. The standard InChI is InChI=1S/C22H32O6/c1-14(23)28-18-16(24)17-19(2,3)9-6-10-20(17,4)22(26,21(18,5)25)11-7-15-8-12-27-13-15/h8,12-13,17-18,25-26H,6-7,9-11H2,1-5H3/t17-,18-,20-,21-,22-/m1/s1. The minimum absolute atomic E-state index is 0.230. The molecule has 3 rings (SSSR count). The molecule has 1 aromatic rings. The maximum Gasteiger partial charge on any atom is 0.303 e. The fraction of sp³-hybridized carbons (Fsp3) is 0.727. The molecule has 0 unspecified atom stereocenters. The first-order valence-electron chi connectivity index (χ1n) is 10.0. The topological polar surface area (TPSA) is 97.0 Å². The van der Waals surface area contributed by atoms with Crippen molar-refractivity contribution in [3.8, 4) is 0 Å². The quantitative estimate of drug-likeness (QED) is 0.765. The molecule has 2 aliphatic carbocycles. The highest BCUT2D eigenvalue weighted by molar-refractivity contribution is 5.91. The van der Waals surface area contributed by atoms with Crippen LogP contribution in [0.3, 0.4) is 0 Å². The second-order valence-electron chi connectivity index (χ2n) is 9.72. The summed E-state index contributed by atoms with van der Waals surface area (Å²) in [4.78, 5) is 25.2. The number of fused-ring (bicyclic) bond motifs is 1. The summed E-state index contributed by atoms with van der Waals surface area (Å²) in [6.45, 7) is 8.59. The van der Waals surface area contributed by atoms with Gasteiger partial charge in [-0.3, -0.25) is 9.59 Å². The SMILES string of the molecule is CC(=O)O[C@@H]1C(=O)[C@@H]2C(C)(C)CCC[C@@]2(C)[C@](O)(CCc2ccoc2)[C@]1(C)O. The summed E-state index contributed by atoms with van der Waals surface area (Å²) in [7, 11) is 0. The zero-order valence-corrected chi connectivity index (χ0v) is 17.4. The molecule has 2 N–H and O–H groups in total. The van der Waals surface area contributed by atoms with Crippen LogP contribution in [-0.4, -0.2) is 39.3 Å². The lowest BCUT2D eigenvalue weighted by Crippen LogP contribution is -2.78. The summed E-state index contributed by atoms with van der Waals surface area (Å²) in [6, 6.07) is 1.82. The summed E-state index contributed by atoms with van der Waals surface area (Å²) in [5, 5.41) is 23.6. The van der Waals surface area contributed by atoms with Crippen molar-refractivity contribution in [2.24, 2.45) is 16.7 Å². The van der Waals surface area contributed by atoms with Crippen LogP contribution in [0.4, 0.5) is 0 Å². The molecule has 0 spiro atoms. The molecule has 6 nitrogen and oxygen atoms in total. The molecule has 0 amide bonds. The fourth-order valence-corrected chi connectivity index (χ4v) is 6.07. The number of carbonyl (C=O) groups is 2. The number of Topliss-reactive ketones (excluding diaryl/α,β-unsaturated/α-hetero) is 1. The molecule has 0 radical (unpaired) electrons. The van der Waals surface area contributed by atoms with E-state index >= 15 is 0 Å². The van der Waals surface area contributed by atoms with Crippen LogP contribution in [0, 0.1) is 16.7 Å². The van der Waals surface area contributed by atoms with Crippen molar-refractivity contribution in [3.63, 3.8) is 0 Å². The summed E-state index contributed by atoms with van der Waals surface area (Å²) >= 11 is 0. The van der Waals surface area contributed by atoms with E-state index in [1.54, 1.807) is 12.5 Å². The van der Waals surface area contributed by atoms with Crippen LogP contribution in [0.5, 0.6) is 0 Å². The zero-order valence-electron chi connectivity index (χ0n) is 17.4. The van der Waals surface area contributed by atoms with Gasteiger partial charge in [0.15, 0.2) is 11.9 Å². The van der Waals surface area contributed by atoms with E-state index in [-0.39, 0.29) is 17.6 Å². The molecule has 0 aromatic carbocycles. The van der Waals surface area contributed by atoms with Gasteiger partial charge < -0.3 is 19.4 Å². The number of esters is 1. The summed E-state index contributed by atoms with van der Waals surface area (Å²) in [6.07, 6.45) is 4.81. The Labute approximate surface area is 166 Å². The highest BCUT2D eigenvalue weighted by Gasteiger charge is 2.73. The van der Waals surface area contributed by atoms with Crippen molar-refractivity contribution in [1.29, 1.82) is 0 Å². The summed E-state index contributed by atoms with van der Waals surface area (Å²) in [5.74, 6) is -1.46.